The molecule has 0 bridgehead atoms. The number of allylic oxidation sites excluding steroid dienone is 2. The molecule has 1 saturated carbocycles. The van der Waals surface area contributed by atoms with Crippen molar-refractivity contribution in [1.29, 1.82) is 0 Å². The number of amides is 1. The van der Waals surface area contributed by atoms with Crippen molar-refractivity contribution in [2.24, 2.45) is 17.8 Å². The number of hydrogen-bond donors (Lipinski definition) is 1. The van der Waals surface area contributed by atoms with Gasteiger partial charge in [0.2, 0.25) is 5.91 Å². The number of H-pyrrole nitrogens is 1. The second kappa shape index (κ2) is 8.42. The van der Waals surface area contributed by atoms with Gasteiger partial charge in [-0.2, -0.15) is 0 Å². The largest absolute Gasteiger partial charge is 0.342 e. The van der Waals surface area contributed by atoms with Gasteiger partial charge in [0.1, 0.15) is 0 Å². The number of fused-ring (bicyclic) bond motifs is 2. The molecular weight excluding hydrogens is 414 g/mol. The zero-order valence-corrected chi connectivity index (χ0v) is 19.6. The third-order valence-corrected chi connectivity index (χ3v) is 8.43. The number of aromatic amines is 1. The molecule has 176 valence electrons. The third kappa shape index (κ3) is 4.05. The number of carbonyl (C=O) groups is 1. The molecule has 4 aliphatic rings. The van der Waals surface area contributed by atoms with Gasteiger partial charge in [0.15, 0.2) is 5.65 Å². The number of carbonyl (C=O) groups excluding carboxylic acids is 1. The lowest BCUT2D eigenvalue weighted by Gasteiger charge is -2.31. The first kappa shape index (κ1) is 21.1. The van der Waals surface area contributed by atoms with Gasteiger partial charge in [0, 0.05) is 62.7 Å². The van der Waals surface area contributed by atoms with E-state index in [1.54, 1.807) is 4.52 Å². The van der Waals surface area contributed by atoms with Gasteiger partial charge in [0.05, 0.1) is 11.3 Å². The summed E-state index contributed by atoms with van der Waals surface area (Å²) in [4.78, 5) is 35.3. The second-order valence-corrected chi connectivity index (χ2v) is 10.8. The molecule has 1 saturated heterocycles. The van der Waals surface area contributed by atoms with E-state index >= 15 is 0 Å². The van der Waals surface area contributed by atoms with Crippen molar-refractivity contribution in [3.05, 3.63) is 45.5 Å². The Morgan fingerprint density at radius 1 is 1.18 bits per heavy atom. The maximum absolute atomic E-state index is 13.4. The van der Waals surface area contributed by atoms with Crippen molar-refractivity contribution in [1.82, 2.24) is 24.4 Å². The monoisotopic (exact) mass is 449 g/mol. The van der Waals surface area contributed by atoms with Gasteiger partial charge in [-0.05, 0) is 50.4 Å². The molecule has 3 atom stereocenters. The topological polar surface area (TPSA) is 73.7 Å². The third-order valence-electron chi connectivity index (χ3n) is 8.43. The van der Waals surface area contributed by atoms with Crippen LogP contribution in [0.5, 0.6) is 0 Å². The minimum absolute atomic E-state index is 0.0600. The van der Waals surface area contributed by atoms with E-state index < -0.39 is 0 Å². The smallest absolute Gasteiger partial charge is 0.277 e. The summed E-state index contributed by atoms with van der Waals surface area (Å²) in [5.41, 5.74) is 3.72. The van der Waals surface area contributed by atoms with E-state index in [9.17, 15) is 9.59 Å². The molecule has 7 heteroatoms. The summed E-state index contributed by atoms with van der Waals surface area (Å²) < 4.78 is 1.66. The number of aromatic nitrogens is 3. The van der Waals surface area contributed by atoms with Crippen LogP contribution in [-0.2, 0) is 17.8 Å². The number of piperidine rings is 1. The molecule has 2 aromatic rings. The highest BCUT2D eigenvalue weighted by atomic mass is 16.2. The summed E-state index contributed by atoms with van der Waals surface area (Å²) in [6.45, 7) is 6.55. The highest BCUT2D eigenvalue weighted by Gasteiger charge is 2.42. The summed E-state index contributed by atoms with van der Waals surface area (Å²) in [5.74, 6) is 2.21. The zero-order chi connectivity index (χ0) is 22.5. The van der Waals surface area contributed by atoms with Gasteiger partial charge >= 0.3 is 0 Å². The van der Waals surface area contributed by atoms with Crippen molar-refractivity contribution < 1.29 is 4.79 Å². The molecule has 7 nitrogen and oxygen atoms in total. The first-order valence-electron chi connectivity index (χ1n) is 12.9. The van der Waals surface area contributed by atoms with Crippen LogP contribution in [0.1, 0.15) is 68.3 Å². The lowest BCUT2D eigenvalue weighted by atomic mass is 9.93. The van der Waals surface area contributed by atoms with Gasteiger partial charge in [-0.1, -0.05) is 19.1 Å². The van der Waals surface area contributed by atoms with Crippen LogP contribution in [0.25, 0.3) is 5.65 Å². The van der Waals surface area contributed by atoms with E-state index in [1.165, 1.54) is 12.8 Å². The first-order chi connectivity index (χ1) is 16.1. The Morgan fingerprint density at radius 2 is 2.00 bits per heavy atom. The Hall–Kier alpha value is -2.41. The molecule has 2 aromatic heterocycles. The lowest BCUT2D eigenvalue weighted by molar-refractivity contribution is -0.133. The number of nitrogens with one attached hydrogen (secondary N) is 1. The first-order valence-corrected chi connectivity index (χ1v) is 12.9. The lowest BCUT2D eigenvalue weighted by Crippen LogP contribution is -2.39. The molecule has 1 N–H and O–H groups in total. The molecule has 6 rings (SSSR count). The van der Waals surface area contributed by atoms with Crippen LogP contribution in [0.3, 0.4) is 0 Å². The number of rotatable bonds is 4. The molecule has 0 aromatic carbocycles. The summed E-state index contributed by atoms with van der Waals surface area (Å²) >= 11 is 0. The summed E-state index contributed by atoms with van der Waals surface area (Å²) in [5, 5.41) is 3.38. The van der Waals surface area contributed by atoms with Crippen LogP contribution in [0.2, 0.25) is 0 Å². The molecule has 0 spiro atoms. The highest BCUT2D eigenvalue weighted by Crippen LogP contribution is 2.40. The quantitative estimate of drug-likeness (QED) is 0.728. The second-order valence-electron chi connectivity index (χ2n) is 10.8. The van der Waals surface area contributed by atoms with E-state index in [0.29, 0.717) is 30.2 Å². The van der Waals surface area contributed by atoms with E-state index in [-0.39, 0.29) is 11.5 Å². The van der Waals surface area contributed by atoms with E-state index in [0.717, 1.165) is 80.9 Å². The summed E-state index contributed by atoms with van der Waals surface area (Å²) in [6.07, 6.45) is 12.0. The molecule has 2 aliphatic carbocycles. The van der Waals surface area contributed by atoms with Crippen molar-refractivity contribution >= 4 is 11.6 Å². The Morgan fingerprint density at radius 3 is 2.73 bits per heavy atom. The van der Waals surface area contributed by atoms with E-state index in [4.69, 9.17) is 4.98 Å². The standard InChI is InChI=1S/C26H35N5O2/c1-17-13-20(17)25(32)30-11-7-19(8-12-30)23-14-24-27-22-9-10-29(15-18-5-3-2-4-6-18)16-21(22)26(33)31(24)28-23/h2-3,14,17-20,28H,4-13,15-16H2,1H3/t17-,18-,20+/m0/s1. The molecule has 33 heavy (non-hydrogen) atoms. The highest BCUT2D eigenvalue weighted by molar-refractivity contribution is 5.81. The molecule has 4 heterocycles. The molecule has 2 fully saturated rings. The Bertz CT molecular complexity index is 1140. The predicted molar refractivity (Wildman–Crippen MR) is 127 cm³/mol. The summed E-state index contributed by atoms with van der Waals surface area (Å²) in [6, 6.07) is 2.06. The average molecular weight is 450 g/mol. The van der Waals surface area contributed by atoms with Gasteiger partial charge in [-0.25, -0.2) is 9.50 Å². The van der Waals surface area contributed by atoms with Crippen LogP contribution in [0.4, 0.5) is 0 Å². The summed E-state index contributed by atoms with van der Waals surface area (Å²) in [7, 11) is 0. The van der Waals surface area contributed by atoms with Gasteiger partial charge in [-0.3, -0.25) is 19.6 Å². The number of likely N-dealkylation sites (tertiary alicyclic amines) is 1. The molecule has 1 amide bonds. The minimum atomic E-state index is 0.0600. The fourth-order valence-corrected chi connectivity index (χ4v) is 6.12. The number of nitrogens with zero attached hydrogens (tertiary/aromatic N) is 4. The molecule has 2 aliphatic heterocycles. The van der Waals surface area contributed by atoms with Crippen LogP contribution in [0.15, 0.2) is 23.0 Å². The Labute approximate surface area is 194 Å². The minimum Gasteiger partial charge on any atom is -0.342 e. The predicted octanol–water partition coefficient (Wildman–Crippen LogP) is 3.10. The van der Waals surface area contributed by atoms with Crippen LogP contribution in [0, 0.1) is 17.8 Å². The van der Waals surface area contributed by atoms with E-state index in [1.807, 2.05) is 4.90 Å². The Kier molecular flexibility index (Phi) is 5.40. The Balaban J connectivity index is 1.16. The fraction of sp³-hybridized carbons (Fsp3) is 0.654. The van der Waals surface area contributed by atoms with Gasteiger partial charge in [0.25, 0.3) is 5.56 Å². The van der Waals surface area contributed by atoms with Crippen molar-refractivity contribution in [3.8, 4) is 0 Å². The van der Waals surface area contributed by atoms with Gasteiger partial charge in [-0.15, -0.1) is 0 Å². The van der Waals surface area contributed by atoms with Crippen molar-refractivity contribution in [2.75, 3.05) is 26.2 Å². The van der Waals surface area contributed by atoms with Gasteiger partial charge < -0.3 is 4.90 Å². The maximum atomic E-state index is 13.4. The maximum Gasteiger partial charge on any atom is 0.277 e. The molecule has 0 radical (unpaired) electrons. The molecule has 0 unspecified atom stereocenters. The average Bonchev–Trinajstić information content (AvgIpc) is 3.42. The molecular formula is C26H35N5O2. The SMILES string of the molecule is C[C@H]1C[C@H]1C(=O)N1CCC(c2cc3nc4c(c(=O)n3[nH]2)CN(C[C@H]2CC=CCC2)CC4)CC1. The van der Waals surface area contributed by atoms with Crippen molar-refractivity contribution in [2.45, 2.75) is 64.3 Å². The zero-order valence-electron chi connectivity index (χ0n) is 19.6. The van der Waals surface area contributed by atoms with Crippen molar-refractivity contribution in [3.63, 3.8) is 0 Å². The fourth-order valence-electron chi connectivity index (χ4n) is 6.12. The van der Waals surface area contributed by atoms with Crippen LogP contribution >= 0.6 is 0 Å². The number of hydrogen-bond acceptors (Lipinski definition) is 4. The van der Waals surface area contributed by atoms with E-state index in [2.05, 4.69) is 35.1 Å². The normalized spacial score (nSPS) is 28.3. The van der Waals surface area contributed by atoms with Crippen LogP contribution in [-0.4, -0.2) is 56.5 Å². The van der Waals surface area contributed by atoms with Crippen LogP contribution < -0.4 is 5.56 Å².